The summed E-state index contributed by atoms with van der Waals surface area (Å²) in [6.45, 7) is 1.92. The maximum atomic E-state index is 11.9. The second-order valence-corrected chi connectivity index (χ2v) is 6.25. The molecule has 0 unspecified atom stereocenters. The summed E-state index contributed by atoms with van der Waals surface area (Å²) in [5, 5.41) is 12.2. The van der Waals surface area contributed by atoms with Crippen molar-refractivity contribution in [2.24, 2.45) is 0 Å². The van der Waals surface area contributed by atoms with Gasteiger partial charge in [0.2, 0.25) is 5.91 Å². The summed E-state index contributed by atoms with van der Waals surface area (Å²) in [6.07, 6.45) is 2.59. The number of aliphatic carboxylic acids is 1. The van der Waals surface area contributed by atoms with Crippen molar-refractivity contribution in [3.05, 3.63) is 82.9 Å². The highest BCUT2D eigenvalue weighted by Gasteiger charge is 2.21. The Morgan fingerprint density at radius 3 is 2.32 bits per heavy atom. The zero-order chi connectivity index (χ0) is 18.2. The molecule has 0 aliphatic carbocycles. The number of amides is 1. The molecule has 5 heteroatoms. The number of carboxylic acids is 1. The summed E-state index contributed by atoms with van der Waals surface area (Å²) in [7, 11) is 0. The molecule has 0 fully saturated rings. The molecule has 2 aromatic carbocycles. The molecule has 130 valence electrons. The third kappa shape index (κ3) is 6.08. The van der Waals surface area contributed by atoms with E-state index in [4.69, 9.17) is 16.7 Å². The first-order chi connectivity index (χ1) is 12.0. The lowest BCUT2D eigenvalue weighted by Gasteiger charge is -2.25. The molecule has 1 amide bonds. The lowest BCUT2D eigenvalue weighted by atomic mass is 9.86. The van der Waals surface area contributed by atoms with Crippen LogP contribution in [0, 0.1) is 0 Å². The van der Waals surface area contributed by atoms with Gasteiger partial charge in [-0.25, -0.2) is 4.79 Å². The van der Waals surface area contributed by atoms with E-state index in [1.54, 1.807) is 0 Å². The zero-order valence-corrected chi connectivity index (χ0v) is 14.6. The normalized spacial score (nSPS) is 13.4. The van der Waals surface area contributed by atoms with E-state index in [2.05, 4.69) is 5.32 Å². The van der Waals surface area contributed by atoms with Crippen LogP contribution in [-0.2, 0) is 16.0 Å². The zero-order valence-electron chi connectivity index (χ0n) is 13.9. The van der Waals surface area contributed by atoms with E-state index < -0.39 is 11.9 Å². The van der Waals surface area contributed by atoms with Crippen molar-refractivity contribution in [1.82, 2.24) is 5.32 Å². The number of carbonyl (C=O) groups excluding carboxylic acids is 1. The molecular formula is C20H20ClNO3. The number of rotatable bonds is 7. The average molecular weight is 358 g/mol. The number of carboxylic acid groups (broad SMARTS) is 1. The highest BCUT2D eigenvalue weighted by Crippen LogP contribution is 2.25. The average Bonchev–Trinajstić information content (AvgIpc) is 2.60. The molecule has 0 aromatic heterocycles. The van der Waals surface area contributed by atoms with E-state index in [0.29, 0.717) is 5.02 Å². The summed E-state index contributed by atoms with van der Waals surface area (Å²) in [4.78, 5) is 22.4. The molecule has 2 rings (SSSR count). The van der Waals surface area contributed by atoms with Crippen LogP contribution in [0.4, 0.5) is 0 Å². The minimum Gasteiger partial charge on any atom is -0.478 e. The lowest BCUT2D eigenvalue weighted by molar-refractivity contribution is -0.131. The van der Waals surface area contributed by atoms with Gasteiger partial charge in [-0.1, -0.05) is 54.1 Å². The van der Waals surface area contributed by atoms with Crippen molar-refractivity contribution in [2.45, 2.75) is 25.3 Å². The molecule has 0 aliphatic rings. The SMILES string of the molecule is C[C@H](NC(=O)/C=C/C(=O)O)[C@@H](Cc1ccc(Cl)cc1)c1ccccc1. The van der Waals surface area contributed by atoms with Crippen LogP contribution in [0.15, 0.2) is 66.7 Å². The maximum absolute atomic E-state index is 11.9. The fraction of sp³-hybridized carbons (Fsp3) is 0.200. The molecule has 0 saturated heterocycles. The van der Waals surface area contributed by atoms with Crippen molar-refractivity contribution in [1.29, 1.82) is 0 Å². The van der Waals surface area contributed by atoms with Crippen molar-refractivity contribution in [3.63, 3.8) is 0 Å². The Bertz CT molecular complexity index is 741. The maximum Gasteiger partial charge on any atom is 0.328 e. The Labute approximate surface area is 152 Å². The molecular weight excluding hydrogens is 338 g/mol. The summed E-state index contributed by atoms with van der Waals surface area (Å²) in [6, 6.07) is 17.4. The molecule has 2 atom stereocenters. The van der Waals surface area contributed by atoms with Gasteiger partial charge in [-0.3, -0.25) is 4.79 Å². The van der Waals surface area contributed by atoms with Crippen molar-refractivity contribution >= 4 is 23.5 Å². The Morgan fingerprint density at radius 2 is 1.72 bits per heavy atom. The first-order valence-electron chi connectivity index (χ1n) is 7.96. The Morgan fingerprint density at radius 1 is 1.08 bits per heavy atom. The van der Waals surface area contributed by atoms with Crippen LogP contribution in [0.2, 0.25) is 5.02 Å². The molecule has 2 N–H and O–H groups in total. The van der Waals surface area contributed by atoms with Crippen molar-refractivity contribution < 1.29 is 14.7 Å². The number of halogens is 1. The van der Waals surface area contributed by atoms with E-state index in [0.717, 1.165) is 29.7 Å². The largest absolute Gasteiger partial charge is 0.478 e. The van der Waals surface area contributed by atoms with Gasteiger partial charge in [0.1, 0.15) is 0 Å². The van der Waals surface area contributed by atoms with Crippen LogP contribution in [0.1, 0.15) is 24.0 Å². The number of nitrogens with one attached hydrogen (secondary N) is 1. The Hall–Kier alpha value is -2.59. The summed E-state index contributed by atoms with van der Waals surface area (Å²) < 4.78 is 0. The Kier molecular flexibility index (Phi) is 6.78. The van der Waals surface area contributed by atoms with E-state index in [9.17, 15) is 9.59 Å². The predicted molar refractivity (Wildman–Crippen MR) is 98.7 cm³/mol. The molecule has 0 radical (unpaired) electrons. The number of carbonyl (C=O) groups is 2. The second-order valence-electron chi connectivity index (χ2n) is 5.82. The van der Waals surface area contributed by atoms with Crippen molar-refractivity contribution in [3.8, 4) is 0 Å². The fourth-order valence-corrected chi connectivity index (χ4v) is 2.80. The first kappa shape index (κ1) is 18.7. The fourth-order valence-electron chi connectivity index (χ4n) is 2.68. The van der Waals surface area contributed by atoms with E-state index >= 15 is 0 Å². The van der Waals surface area contributed by atoms with E-state index in [-0.39, 0.29) is 12.0 Å². The minimum atomic E-state index is -1.15. The lowest BCUT2D eigenvalue weighted by Crippen LogP contribution is -2.37. The first-order valence-corrected chi connectivity index (χ1v) is 8.34. The third-order valence-corrected chi connectivity index (χ3v) is 4.20. The van der Waals surface area contributed by atoms with Gasteiger partial charge in [-0.15, -0.1) is 0 Å². The topological polar surface area (TPSA) is 66.4 Å². The smallest absolute Gasteiger partial charge is 0.328 e. The van der Waals surface area contributed by atoms with Gasteiger partial charge in [0, 0.05) is 29.1 Å². The molecule has 0 bridgehead atoms. The van der Waals surface area contributed by atoms with Crippen molar-refractivity contribution in [2.75, 3.05) is 0 Å². The summed E-state index contributed by atoms with van der Waals surface area (Å²) in [5.41, 5.74) is 2.22. The van der Waals surface area contributed by atoms with Gasteiger partial charge in [0.05, 0.1) is 0 Å². The van der Waals surface area contributed by atoms with Gasteiger partial charge >= 0.3 is 5.97 Å². The van der Waals surface area contributed by atoms with Crippen LogP contribution in [-0.4, -0.2) is 23.0 Å². The molecule has 0 saturated carbocycles. The van der Waals surface area contributed by atoms with E-state index in [1.165, 1.54) is 0 Å². The number of benzene rings is 2. The predicted octanol–water partition coefficient (Wildman–Crippen LogP) is 3.81. The van der Waals surface area contributed by atoms with Crippen LogP contribution in [0.25, 0.3) is 0 Å². The van der Waals surface area contributed by atoms with E-state index in [1.807, 2.05) is 61.5 Å². The van der Waals surface area contributed by atoms with Crippen LogP contribution >= 0.6 is 11.6 Å². The van der Waals surface area contributed by atoms with Gasteiger partial charge < -0.3 is 10.4 Å². The monoisotopic (exact) mass is 357 g/mol. The highest BCUT2D eigenvalue weighted by atomic mass is 35.5. The van der Waals surface area contributed by atoms with Crippen LogP contribution < -0.4 is 5.32 Å². The van der Waals surface area contributed by atoms with Gasteiger partial charge in [-0.2, -0.15) is 0 Å². The number of hydrogen-bond donors (Lipinski definition) is 2. The molecule has 25 heavy (non-hydrogen) atoms. The second kappa shape index (κ2) is 9.04. The highest BCUT2D eigenvalue weighted by molar-refractivity contribution is 6.30. The number of hydrogen-bond acceptors (Lipinski definition) is 2. The molecule has 0 spiro atoms. The third-order valence-electron chi connectivity index (χ3n) is 3.95. The van der Waals surface area contributed by atoms with Crippen LogP contribution in [0.5, 0.6) is 0 Å². The summed E-state index contributed by atoms with van der Waals surface area (Å²) >= 11 is 5.94. The quantitative estimate of drug-likeness (QED) is 0.740. The standard InChI is InChI=1S/C20H20ClNO3/c1-14(22-19(23)11-12-20(24)25)18(16-5-3-2-4-6-16)13-15-7-9-17(21)10-8-15/h2-12,14,18H,13H2,1H3,(H,22,23)(H,24,25)/b12-11+/t14-,18+/m0/s1. The van der Waals surface area contributed by atoms with Crippen LogP contribution in [0.3, 0.4) is 0 Å². The van der Waals surface area contributed by atoms with Gasteiger partial charge in [0.25, 0.3) is 0 Å². The minimum absolute atomic E-state index is 0.0459. The molecule has 2 aromatic rings. The van der Waals surface area contributed by atoms with Gasteiger partial charge in [-0.05, 0) is 36.6 Å². The summed E-state index contributed by atoms with van der Waals surface area (Å²) in [5.74, 6) is -1.53. The molecule has 4 nitrogen and oxygen atoms in total. The molecule has 0 heterocycles. The van der Waals surface area contributed by atoms with Gasteiger partial charge in [0.15, 0.2) is 0 Å². The Balaban J connectivity index is 2.17. The molecule has 0 aliphatic heterocycles.